The first-order chi connectivity index (χ1) is 14.7. The molecule has 0 aliphatic rings. The summed E-state index contributed by atoms with van der Waals surface area (Å²) in [6, 6.07) is 16.8. The van der Waals surface area contributed by atoms with Crippen molar-refractivity contribution in [2.45, 2.75) is 36.3 Å². The summed E-state index contributed by atoms with van der Waals surface area (Å²) in [4.78, 5) is 7.18. The Kier molecular flexibility index (Phi) is 5.94. The predicted molar refractivity (Wildman–Crippen MR) is 143 cm³/mol. The third-order valence-electron chi connectivity index (χ3n) is 6.60. The highest BCUT2D eigenvalue weighted by Crippen LogP contribution is 2.76. The van der Waals surface area contributed by atoms with Gasteiger partial charge in [0.05, 0.1) is 25.9 Å². The molecule has 1 atom stereocenters. The molecule has 3 aromatic heterocycles. The van der Waals surface area contributed by atoms with Gasteiger partial charge in [-0.25, -0.2) is 14.1 Å². The zero-order chi connectivity index (χ0) is 22.2. The van der Waals surface area contributed by atoms with E-state index in [9.17, 15) is 5.11 Å². The van der Waals surface area contributed by atoms with Crippen LogP contribution in [0.25, 0.3) is 31.9 Å². The topological polar surface area (TPSA) is 59.1 Å². The summed E-state index contributed by atoms with van der Waals surface area (Å²) in [5, 5.41) is 14.2. The van der Waals surface area contributed by atoms with Gasteiger partial charge in [0.2, 0.25) is 0 Å². The van der Waals surface area contributed by atoms with Crippen LogP contribution in [0.1, 0.15) is 26.7 Å². The number of unbranched alkanes of at least 4 members (excludes halogenated alkanes) is 1. The molecule has 4 aromatic rings. The standard InChI is InChI=1S/C25H32N2OS3/c1-5-6-15-31(3,4,17(2)28)25-23(26)22-19(18-11-8-7-9-12-18)16-20(27-24(22)30-25)21-13-10-14-29-21/h7-14,16-17,28,31H,5-6,15,26H2,1-4H3/t17-/m0/s1. The maximum atomic E-state index is 11.0. The summed E-state index contributed by atoms with van der Waals surface area (Å²) in [7, 11) is -2.64. The van der Waals surface area contributed by atoms with Crippen LogP contribution in [-0.2, 0) is 0 Å². The summed E-state index contributed by atoms with van der Waals surface area (Å²) in [6.45, 7) is 4.15. The van der Waals surface area contributed by atoms with Gasteiger partial charge >= 0.3 is 0 Å². The number of nitrogens with two attached hydrogens (primary N) is 1. The van der Waals surface area contributed by atoms with Gasteiger partial charge in [-0.05, 0) is 60.2 Å². The summed E-state index contributed by atoms with van der Waals surface area (Å²) >= 11 is 3.39. The highest BCUT2D eigenvalue weighted by molar-refractivity contribution is 8.49. The molecule has 166 valence electrons. The average Bonchev–Trinajstić information content (AvgIpc) is 3.41. The third kappa shape index (κ3) is 3.80. The number of nitrogens with zero attached hydrogens (tertiary/aromatic N) is 1. The second-order valence-electron chi connectivity index (χ2n) is 9.12. The molecule has 31 heavy (non-hydrogen) atoms. The molecule has 0 radical (unpaired) electrons. The Bertz CT molecular complexity index is 1190. The van der Waals surface area contributed by atoms with Crippen LogP contribution in [0.3, 0.4) is 0 Å². The molecule has 3 nitrogen and oxygen atoms in total. The van der Waals surface area contributed by atoms with Crippen molar-refractivity contribution in [2.24, 2.45) is 0 Å². The van der Waals surface area contributed by atoms with Gasteiger partial charge in [-0.15, -0.1) is 22.7 Å². The van der Waals surface area contributed by atoms with Gasteiger partial charge in [0, 0.05) is 5.39 Å². The molecule has 0 fully saturated rings. The van der Waals surface area contributed by atoms with Gasteiger partial charge in [0.25, 0.3) is 0 Å². The second-order valence-corrected chi connectivity index (χ2v) is 18.0. The monoisotopic (exact) mass is 472 g/mol. The number of fused-ring (bicyclic) bond motifs is 1. The van der Waals surface area contributed by atoms with E-state index in [1.807, 2.05) is 13.0 Å². The van der Waals surface area contributed by atoms with E-state index in [-0.39, 0.29) is 0 Å². The highest BCUT2D eigenvalue weighted by atomic mass is 32.3. The molecule has 6 heteroatoms. The van der Waals surface area contributed by atoms with Crippen molar-refractivity contribution in [3.63, 3.8) is 0 Å². The zero-order valence-corrected chi connectivity index (χ0v) is 21.2. The smallest absolute Gasteiger partial charge is 0.127 e. The number of benzene rings is 1. The van der Waals surface area contributed by atoms with Crippen LogP contribution >= 0.6 is 31.8 Å². The van der Waals surface area contributed by atoms with E-state index in [0.717, 1.165) is 60.4 Å². The van der Waals surface area contributed by atoms with Gasteiger partial charge in [-0.2, -0.15) is 0 Å². The van der Waals surface area contributed by atoms with Crippen molar-refractivity contribution in [1.29, 1.82) is 0 Å². The SMILES string of the molecule is CCCC[SH](C)(C)(c1sc2nc(-c3cccs3)cc(-c3ccccc3)c2c1N)[C@@H](C)O. The maximum Gasteiger partial charge on any atom is 0.127 e. The van der Waals surface area contributed by atoms with Crippen molar-refractivity contribution >= 4 is 47.7 Å². The fraction of sp³-hybridized carbons (Fsp3) is 0.320. The molecule has 4 rings (SSSR count). The molecule has 0 saturated carbocycles. The van der Waals surface area contributed by atoms with Crippen molar-refractivity contribution in [3.8, 4) is 21.7 Å². The Morgan fingerprint density at radius 1 is 1.13 bits per heavy atom. The molecular formula is C25H32N2OS3. The third-order valence-corrected chi connectivity index (χ3v) is 16.1. The lowest BCUT2D eigenvalue weighted by atomic mass is 10.0. The van der Waals surface area contributed by atoms with Crippen LogP contribution in [0.2, 0.25) is 0 Å². The summed E-state index contributed by atoms with van der Waals surface area (Å²) < 4.78 is 1.16. The second kappa shape index (κ2) is 8.24. The summed E-state index contributed by atoms with van der Waals surface area (Å²) in [5.41, 5.74) is 10.6. The van der Waals surface area contributed by atoms with Crippen LogP contribution in [0.5, 0.6) is 0 Å². The first kappa shape index (κ1) is 22.3. The molecule has 0 amide bonds. The Morgan fingerprint density at radius 3 is 2.48 bits per heavy atom. The van der Waals surface area contributed by atoms with Crippen LogP contribution < -0.4 is 5.73 Å². The lowest BCUT2D eigenvalue weighted by Crippen LogP contribution is -2.30. The Morgan fingerprint density at radius 2 is 1.87 bits per heavy atom. The van der Waals surface area contributed by atoms with E-state index in [0.29, 0.717) is 0 Å². The van der Waals surface area contributed by atoms with Crippen LogP contribution in [0.4, 0.5) is 5.69 Å². The number of aliphatic hydroxyl groups excluding tert-OH is 1. The Balaban J connectivity index is 2.04. The van der Waals surface area contributed by atoms with Gasteiger partial charge in [-0.3, -0.25) is 0 Å². The predicted octanol–water partition coefficient (Wildman–Crippen LogP) is 7.10. The van der Waals surface area contributed by atoms with Gasteiger partial charge in [0.1, 0.15) is 4.83 Å². The average molecular weight is 473 g/mol. The number of nitrogen functional groups attached to an aromatic ring is 1. The molecule has 0 aliphatic carbocycles. The first-order valence-electron chi connectivity index (χ1n) is 10.8. The number of thiophene rings is 2. The van der Waals surface area contributed by atoms with Crippen LogP contribution in [0, 0.1) is 0 Å². The normalized spacial score (nSPS) is 14.4. The van der Waals surface area contributed by atoms with Crippen molar-refractivity contribution in [2.75, 3.05) is 24.0 Å². The van der Waals surface area contributed by atoms with E-state index in [2.05, 4.69) is 67.3 Å². The van der Waals surface area contributed by atoms with E-state index in [1.54, 1.807) is 22.7 Å². The minimum Gasteiger partial charge on any atom is -0.397 e. The number of anilines is 1. The lowest BCUT2D eigenvalue weighted by molar-refractivity contribution is 0.276. The van der Waals surface area contributed by atoms with Crippen molar-refractivity contribution < 1.29 is 5.11 Å². The number of aromatic nitrogens is 1. The molecule has 0 saturated heterocycles. The maximum absolute atomic E-state index is 11.0. The molecule has 1 aromatic carbocycles. The number of rotatable bonds is 7. The summed E-state index contributed by atoms with van der Waals surface area (Å²) in [6.07, 6.45) is 6.76. The van der Waals surface area contributed by atoms with Crippen molar-refractivity contribution in [1.82, 2.24) is 4.98 Å². The molecule has 0 unspecified atom stereocenters. The number of thiol groups is 1. The fourth-order valence-corrected chi connectivity index (χ4v) is 11.0. The summed E-state index contributed by atoms with van der Waals surface area (Å²) in [5.74, 6) is 0.995. The van der Waals surface area contributed by atoms with Crippen molar-refractivity contribution in [3.05, 3.63) is 53.9 Å². The van der Waals surface area contributed by atoms with E-state index in [1.165, 1.54) is 0 Å². The molecule has 0 aliphatic heterocycles. The molecule has 3 heterocycles. The quantitative estimate of drug-likeness (QED) is 0.251. The number of hydrogen-bond donors (Lipinski definition) is 3. The van der Waals surface area contributed by atoms with E-state index < -0.39 is 14.6 Å². The lowest BCUT2D eigenvalue weighted by Gasteiger charge is -2.57. The first-order valence-corrected chi connectivity index (χ1v) is 15.8. The minimum absolute atomic E-state index is 0.412. The molecular weight excluding hydrogens is 440 g/mol. The van der Waals surface area contributed by atoms with E-state index in [4.69, 9.17) is 10.7 Å². The Hall–Kier alpha value is -1.86. The largest absolute Gasteiger partial charge is 0.397 e. The van der Waals surface area contributed by atoms with Crippen LogP contribution in [-0.4, -0.2) is 33.8 Å². The van der Waals surface area contributed by atoms with Gasteiger partial charge in [0.15, 0.2) is 0 Å². The molecule has 0 spiro atoms. The number of hydrogen-bond acceptors (Lipinski definition) is 5. The van der Waals surface area contributed by atoms with Gasteiger partial charge in [-0.1, -0.05) is 49.7 Å². The fourth-order valence-electron chi connectivity index (χ4n) is 4.15. The highest BCUT2D eigenvalue weighted by Gasteiger charge is 2.41. The molecule has 3 N–H and O–H groups in total. The number of pyridine rings is 1. The zero-order valence-electron chi connectivity index (χ0n) is 18.6. The van der Waals surface area contributed by atoms with E-state index >= 15 is 0 Å². The van der Waals surface area contributed by atoms with Crippen LogP contribution in [0.15, 0.2) is 58.1 Å². The van der Waals surface area contributed by atoms with Gasteiger partial charge < -0.3 is 10.8 Å². The number of aliphatic hydroxyl groups is 1. The Labute approximate surface area is 193 Å². The molecule has 0 bridgehead atoms. The minimum atomic E-state index is -2.64.